The minimum atomic E-state index is 0.629. The first-order valence-corrected chi connectivity index (χ1v) is 3.98. The summed E-state index contributed by atoms with van der Waals surface area (Å²) in [7, 11) is 1.58. The zero-order chi connectivity index (χ0) is 8.10. The molecule has 0 atom stereocenters. The number of nitrogens with one attached hydrogen (secondary N) is 1. The molecule has 0 radical (unpaired) electrons. The van der Waals surface area contributed by atoms with Gasteiger partial charge in [0.25, 0.3) is 0 Å². The molecule has 60 valence electrons. The third-order valence-electron chi connectivity index (χ3n) is 1.19. The molecule has 3 nitrogen and oxygen atoms in total. The Bertz CT molecular complexity index is 212. The van der Waals surface area contributed by atoms with Crippen molar-refractivity contribution in [2.24, 2.45) is 0 Å². The Hall–Kier alpha value is -0.450. The summed E-state index contributed by atoms with van der Waals surface area (Å²) in [5, 5.41) is 0. The standard InChI is InChI=1S/C7H9BrN2O/c1-11-10-5-7-3-2-6(8)4-9-7/h2-4,10H,5H2,1H3. The lowest BCUT2D eigenvalue weighted by Crippen LogP contribution is -2.11. The summed E-state index contributed by atoms with van der Waals surface area (Å²) in [5.74, 6) is 0. The lowest BCUT2D eigenvalue weighted by molar-refractivity contribution is 0.0858. The molecule has 11 heavy (non-hydrogen) atoms. The van der Waals surface area contributed by atoms with Crippen LogP contribution >= 0.6 is 15.9 Å². The zero-order valence-electron chi connectivity index (χ0n) is 6.17. The molecule has 0 aliphatic carbocycles. The molecule has 0 aliphatic rings. The van der Waals surface area contributed by atoms with Gasteiger partial charge in [0, 0.05) is 10.7 Å². The van der Waals surface area contributed by atoms with Crippen molar-refractivity contribution in [2.75, 3.05) is 7.11 Å². The molecule has 0 aromatic carbocycles. The topological polar surface area (TPSA) is 34.1 Å². The van der Waals surface area contributed by atoms with Crippen molar-refractivity contribution in [1.82, 2.24) is 10.5 Å². The maximum Gasteiger partial charge on any atom is 0.0633 e. The smallest absolute Gasteiger partial charge is 0.0633 e. The first-order valence-electron chi connectivity index (χ1n) is 3.19. The van der Waals surface area contributed by atoms with Gasteiger partial charge in [-0.05, 0) is 28.1 Å². The van der Waals surface area contributed by atoms with Crippen LogP contribution in [-0.4, -0.2) is 12.1 Å². The Kier molecular flexibility index (Phi) is 3.48. The summed E-state index contributed by atoms with van der Waals surface area (Å²) in [4.78, 5) is 8.80. The number of hydroxylamine groups is 1. The highest BCUT2D eigenvalue weighted by atomic mass is 79.9. The fraction of sp³-hybridized carbons (Fsp3) is 0.286. The maximum atomic E-state index is 4.67. The van der Waals surface area contributed by atoms with Gasteiger partial charge >= 0.3 is 0 Å². The summed E-state index contributed by atoms with van der Waals surface area (Å²) in [6, 6.07) is 3.87. The molecule has 4 heteroatoms. The van der Waals surface area contributed by atoms with Gasteiger partial charge < -0.3 is 4.84 Å². The SMILES string of the molecule is CONCc1ccc(Br)cn1. The highest BCUT2D eigenvalue weighted by Crippen LogP contribution is 2.06. The van der Waals surface area contributed by atoms with Crippen LogP contribution in [0.4, 0.5) is 0 Å². The molecule has 0 fully saturated rings. The predicted octanol–water partition coefficient (Wildman–Crippen LogP) is 1.50. The van der Waals surface area contributed by atoms with Crippen molar-refractivity contribution in [3.05, 3.63) is 28.5 Å². The van der Waals surface area contributed by atoms with Gasteiger partial charge in [-0.15, -0.1) is 0 Å². The minimum absolute atomic E-state index is 0.629. The van der Waals surface area contributed by atoms with Crippen LogP contribution < -0.4 is 5.48 Å². The van der Waals surface area contributed by atoms with Crippen molar-refractivity contribution in [3.63, 3.8) is 0 Å². The lowest BCUT2D eigenvalue weighted by atomic mass is 10.4. The number of hydrogen-bond acceptors (Lipinski definition) is 3. The molecule has 1 heterocycles. The molecular formula is C7H9BrN2O. The molecular weight excluding hydrogens is 208 g/mol. The highest BCUT2D eigenvalue weighted by Gasteiger charge is 1.91. The van der Waals surface area contributed by atoms with E-state index in [-0.39, 0.29) is 0 Å². The van der Waals surface area contributed by atoms with Crippen LogP contribution in [0.2, 0.25) is 0 Å². The van der Waals surface area contributed by atoms with E-state index in [4.69, 9.17) is 0 Å². The predicted molar refractivity (Wildman–Crippen MR) is 45.8 cm³/mol. The third-order valence-corrected chi connectivity index (χ3v) is 1.66. The van der Waals surface area contributed by atoms with Crippen LogP contribution in [0.5, 0.6) is 0 Å². The van der Waals surface area contributed by atoms with E-state index < -0.39 is 0 Å². The van der Waals surface area contributed by atoms with Crippen LogP contribution in [0.15, 0.2) is 22.8 Å². The van der Waals surface area contributed by atoms with E-state index >= 15 is 0 Å². The Morgan fingerprint density at radius 1 is 1.64 bits per heavy atom. The van der Waals surface area contributed by atoms with E-state index in [0.717, 1.165) is 10.2 Å². The molecule has 0 aliphatic heterocycles. The molecule has 0 amide bonds. The number of pyridine rings is 1. The van der Waals surface area contributed by atoms with Gasteiger partial charge in [-0.1, -0.05) is 0 Å². The Morgan fingerprint density at radius 3 is 3.00 bits per heavy atom. The molecule has 1 N–H and O–H groups in total. The quantitative estimate of drug-likeness (QED) is 0.779. The second-order valence-electron chi connectivity index (χ2n) is 1.99. The van der Waals surface area contributed by atoms with Gasteiger partial charge in [0.05, 0.1) is 19.3 Å². The fourth-order valence-electron chi connectivity index (χ4n) is 0.657. The minimum Gasteiger partial charge on any atom is -0.305 e. The van der Waals surface area contributed by atoms with Crippen molar-refractivity contribution < 1.29 is 4.84 Å². The number of rotatable bonds is 3. The van der Waals surface area contributed by atoms with Crippen LogP contribution in [0, 0.1) is 0 Å². The lowest BCUT2D eigenvalue weighted by Gasteiger charge is -1.99. The van der Waals surface area contributed by atoms with E-state index in [1.807, 2.05) is 12.1 Å². The van der Waals surface area contributed by atoms with Crippen LogP contribution in [0.3, 0.4) is 0 Å². The number of halogens is 1. The summed E-state index contributed by atoms with van der Waals surface area (Å²) >= 11 is 3.30. The summed E-state index contributed by atoms with van der Waals surface area (Å²) < 4.78 is 0.985. The molecule has 1 aromatic rings. The third kappa shape index (κ3) is 2.96. The fourth-order valence-corrected chi connectivity index (χ4v) is 0.892. The van der Waals surface area contributed by atoms with E-state index in [1.165, 1.54) is 0 Å². The second kappa shape index (κ2) is 4.43. The van der Waals surface area contributed by atoms with Crippen LogP contribution in [-0.2, 0) is 11.4 Å². The summed E-state index contributed by atoms with van der Waals surface area (Å²) in [6.45, 7) is 0.629. The van der Waals surface area contributed by atoms with Crippen molar-refractivity contribution >= 4 is 15.9 Å². The molecule has 1 rings (SSSR count). The molecule has 1 aromatic heterocycles. The average Bonchev–Trinajstić information content (AvgIpc) is 2.04. The van der Waals surface area contributed by atoms with Crippen molar-refractivity contribution in [3.8, 4) is 0 Å². The molecule has 0 unspecified atom stereocenters. The van der Waals surface area contributed by atoms with Gasteiger partial charge in [-0.3, -0.25) is 4.98 Å². The number of aromatic nitrogens is 1. The Labute approximate surface area is 73.9 Å². The van der Waals surface area contributed by atoms with Crippen LogP contribution in [0.1, 0.15) is 5.69 Å². The second-order valence-corrected chi connectivity index (χ2v) is 2.91. The number of hydrogen-bond donors (Lipinski definition) is 1. The average molecular weight is 217 g/mol. The molecule has 0 saturated carbocycles. The van der Waals surface area contributed by atoms with Gasteiger partial charge in [-0.25, -0.2) is 0 Å². The molecule has 0 bridgehead atoms. The zero-order valence-corrected chi connectivity index (χ0v) is 7.76. The largest absolute Gasteiger partial charge is 0.305 e. The van der Waals surface area contributed by atoms with Gasteiger partial charge in [0.1, 0.15) is 0 Å². The Morgan fingerprint density at radius 2 is 2.45 bits per heavy atom. The summed E-state index contributed by atoms with van der Waals surface area (Å²) in [5.41, 5.74) is 3.66. The molecule has 0 saturated heterocycles. The normalized spacial score (nSPS) is 10.0. The summed E-state index contributed by atoms with van der Waals surface area (Å²) in [6.07, 6.45) is 1.76. The maximum absolute atomic E-state index is 4.67. The van der Waals surface area contributed by atoms with Crippen LogP contribution in [0.25, 0.3) is 0 Å². The Balaban J connectivity index is 2.52. The van der Waals surface area contributed by atoms with E-state index in [9.17, 15) is 0 Å². The van der Waals surface area contributed by atoms with Crippen molar-refractivity contribution in [2.45, 2.75) is 6.54 Å². The number of nitrogens with zero attached hydrogens (tertiary/aromatic N) is 1. The van der Waals surface area contributed by atoms with E-state index in [2.05, 4.69) is 31.2 Å². The highest BCUT2D eigenvalue weighted by molar-refractivity contribution is 9.10. The monoisotopic (exact) mass is 216 g/mol. The first kappa shape index (κ1) is 8.64. The van der Waals surface area contributed by atoms with Gasteiger partial charge in [-0.2, -0.15) is 5.48 Å². The van der Waals surface area contributed by atoms with Crippen molar-refractivity contribution in [1.29, 1.82) is 0 Å². The van der Waals surface area contributed by atoms with E-state index in [1.54, 1.807) is 13.3 Å². The van der Waals surface area contributed by atoms with E-state index in [0.29, 0.717) is 6.54 Å². The van der Waals surface area contributed by atoms with Gasteiger partial charge in [0.15, 0.2) is 0 Å². The first-order chi connectivity index (χ1) is 5.33. The molecule has 0 spiro atoms. The van der Waals surface area contributed by atoms with Gasteiger partial charge in [0.2, 0.25) is 0 Å².